The van der Waals surface area contributed by atoms with Gasteiger partial charge in [-0.2, -0.15) is 0 Å². The number of nitrogens with one attached hydrogen (secondary N) is 2. The molecule has 0 aromatic carbocycles. The van der Waals surface area contributed by atoms with E-state index in [1.54, 1.807) is 13.2 Å². The molecule has 1 rings (SSSR count). The maximum absolute atomic E-state index is 12.1. The van der Waals surface area contributed by atoms with Crippen LogP contribution in [0.4, 0.5) is 0 Å². The predicted molar refractivity (Wildman–Crippen MR) is 75.4 cm³/mol. The molecule has 0 amide bonds. The quantitative estimate of drug-likeness (QED) is 0.462. The van der Waals surface area contributed by atoms with Crippen molar-refractivity contribution in [2.24, 2.45) is 0 Å². The molecule has 3 N–H and O–H groups in total. The van der Waals surface area contributed by atoms with E-state index in [2.05, 4.69) is 10.0 Å². The van der Waals surface area contributed by atoms with Gasteiger partial charge < -0.3 is 24.3 Å². The van der Waals surface area contributed by atoms with Crippen molar-refractivity contribution in [3.05, 3.63) is 17.9 Å². The molecule has 0 aliphatic heterocycles. The molecule has 8 nitrogen and oxygen atoms in total. The van der Waals surface area contributed by atoms with Gasteiger partial charge in [-0.15, -0.1) is 0 Å². The van der Waals surface area contributed by atoms with E-state index in [-0.39, 0.29) is 18.3 Å². The molecule has 21 heavy (non-hydrogen) atoms. The minimum Gasteiger partial charge on any atom is -0.447 e. The highest BCUT2D eigenvalue weighted by Crippen LogP contribution is 2.14. The van der Waals surface area contributed by atoms with Gasteiger partial charge >= 0.3 is 0 Å². The Hall–Kier alpha value is -0.970. The molecule has 0 bridgehead atoms. The minimum atomic E-state index is -3.82. The largest absolute Gasteiger partial charge is 0.447 e. The highest BCUT2D eigenvalue weighted by molar-refractivity contribution is 7.89. The number of aliphatic hydroxyl groups excluding tert-OH is 1. The van der Waals surface area contributed by atoms with Crippen molar-refractivity contribution in [3.8, 4) is 0 Å². The number of ether oxygens (including phenoxy) is 2. The highest BCUT2D eigenvalue weighted by Gasteiger charge is 2.23. The van der Waals surface area contributed by atoms with Crippen LogP contribution in [0.15, 0.2) is 21.6 Å². The summed E-state index contributed by atoms with van der Waals surface area (Å²) in [5.41, 5.74) is 0. The van der Waals surface area contributed by atoms with E-state index in [0.717, 1.165) is 0 Å². The summed E-state index contributed by atoms with van der Waals surface area (Å²) in [5, 5.41) is 11.9. The molecule has 122 valence electrons. The van der Waals surface area contributed by atoms with Gasteiger partial charge in [0.05, 0.1) is 32.4 Å². The third-order valence-electron chi connectivity index (χ3n) is 2.59. The summed E-state index contributed by atoms with van der Waals surface area (Å²) >= 11 is 0. The molecule has 1 atom stereocenters. The third-order valence-corrected chi connectivity index (χ3v) is 3.99. The molecule has 0 aliphatic rings. The molecule has 0 aliphatic carbocycles. The monoisotopic (exact) mass is 322 g/mol. The first kappa shape index (κ1) is 18.1. The van der Waals surface area contributed by atoms with Crippen LogP contribution in [0.1, 0.15) is 5.76 Å². The zero-order valence-corrected chi connectivity index (χ0v) is 13.0. The lowest BCUT2D eigenvalue weighted by molar-refractivity contribution is 0.138. The average Bonchev–Trinajstić information content (AvgIpc) is 2.92. The van der Waals surface area contributed by atoms with Gasteiger partial charge in [-0.25, -0.2) is 13.1 Å². The van der Waals surface area contributed by atoms with Crippen molar-refractivity contribution in [1.29, 1.82) is 0 Å². The predicted octanol–water partition coefficient (Wildman–Crippen LogP) is -0.699. The Balaban J connectivity index is 2.61. The Morgan fingerprint density at radius 1 is 1.33 bits per heavy atom. The topological polar surface area (TPSA) is 110 Å². The van der Waals surface area contributed by atoms with Crippen LogP contribution in [0.5, 0.6) is 0 Å². The third kappa shape index (κ3) is 6.12. The molecule has 0 saturated carbocycles. The number of furan rings is 1. The molecule has 9 heteroatoms. The average molecular weight is 322 g/mol. The second kappa shape index (κ2) is 9.13. The summed E-state index contributed by atoms with van der Waals surface area (Å²) in [6, 6.07) is 2.24. The normalized spacial score (nSPS) is 13.5. The second-order valence-corrected chi connectivity index (χ2v) is 5.99. The summed E-state index contributed by atoms with van der Waals surface area (Å²) in [5.74, 6) is 0.499. The maximum atomic E-state index is 12.1. The van der Waals surface area contributed by atoms with Gasteiger partial charge in [-0.05, 0) is 12.1 Å². The van der Waals surface area contributed by atoms with Crippen LogP contribution in [-0.2, 0) is 26.0 Å². The van der Waals surface area contributed by atoms with Gasteiger partial charge in [0, 0.05) is 20.8 Å². The highest BCUT2D eigenvalue weighted by atomic mass is 32.2. The van der Waals surface area contributed by atoms with E-state index in [4.69, 9.17) is 19.0 Å². The van der Waals surface area contributed by atoms with Crippen molar-refractivity contribution in [2.45, 2.75) is 17.7 Å². The SMILES string of the molecule is COCCNCc1ccc(S(=O)(=O)NC(CO)COC)o1. The molecular formula is C12H22N2O6S. The number of hydrogen-bond acceptors (Lipinski definition) is 7. The van der Waals surface area contributed by atoms with Crippen LogP contribution in [0, 0.1) is 0 Å². The Morgan fingerprint density at radius 2 is 2.10 bits per heavy atom. The van der Waals surface area contributed by atoms with Crippen molar-refractivity contribution in [3.63, 3.8) is 0 Å². The van der Waals surface area contributed by atoms with Crippen LogP contribution in [0.3, 0.4) is 0 Å². The van der Waals surface area contributed by atoms with Crippen LogP contribution < -0.4 is 10.0 Å². The maximum Gasteiger partial charge on any atom is 0.274 e. The lowest BCUT2D eigenvalue weighted by Crippen LogP contribution is -2.40. The van der Waals surface area contributed by atoms with Crippen LogP contribution in [0.25, 0.3) is 0 Å². The lowest BCUT2D eigenvalue weighted by Gasteiger charge is -2.13. The second-order valence-electron chi connectivity index (χ2n) is 4.35. The number of aliphatic hydroxyl groups is 1. The van der Waals surface area contributed by atoms with E-state index in [1.165, 1.54) is 13.2 Å². The van der Waals surface area contributed by atoms with Gasteiger partial charge in [0.1, 0.15) is 5.76 Å². The summed E-state index contributed by atoms with van der Waals surface area (Å²) < 4.78 is 41.4. The van der Waals surface area contributed by atoms with Crippen LogP contribution >= 0.6 is 0 Å². The molecule has 1 heterocycles. The van der Waals surface area contributed by atoms with E-state index >= 15 is 0 Å². The van der Waals surface area contributed by atoms with E-state index < -0.39 is 16.1 Å². The van der Waals surface area contributed by atoms with E-state index in [9.17, 15) is 8.42 Å². The number of hydrogen-bond donors (Lipinski definition) is 3. The zero-order valence-electron chi connectivity index (χ0n) is 12.2. The fourth-order valence-corrected chi connectivity index (χ4v) is 2.75. The first-order valence-electron chi connectivity index (χ1n) is 6.44. The molecule has 1 unspecified atom stereocenters. The van der Waals surface area contributed by atoms with Crippen molar-refractivity contribution >= 4 is 10.0 Å². The lowest BCUT2D eigenvalue weighted by atomic mass is 10.4. The first-order valence-corrected chi connectivity index (χ1v) is 7.92. The van der Waals surface area contributed by atoms with Crippen molar-refractivity contribution < 1.29 is 27.4 Å². The zero-order chi connectivity index (χ0) is 15.7. The molecule has 0 saturated heterocycles. The fraction of sp³-hybridized carbons (Fsp3) is 0.667. The Kier molecular flexibility index (Phi) is 7.86. The van der Waals surface area contributed by atoms with E-state index in [1.807, 2.05) is 0 Å². The summed E-state index contributed by atoms with van der Waals surface area (Å²) in [6.45, 7) is 1.31. The number of sulfonamides is 1. The summed E-state index contributed by atoms with van der Waals surface area (Å²) in [4.78, 5) is 0. The van der Waals surface area contributed by atoms with Gasteiger partial charge in [-0.3, -0.25) is 0 Å². The van der Waals surface area contributed by atoms with Gasteiger partial charge in [-0.1, -0.05) is 0 Å². The minimum absolute atomic E-state index is 0.0713. The number of rotatable bonds is 11. The molecular weight excluding hydrogens is 300 g/mol. The molecule has 0 spiro atoms. The summed E-state index contributed by atoms with van der Waals surface area (Å²) in [6.07, 6.45) is 0. The van der Waals surface area contributed by atoms with Crippen molar-refractivity contribution in [1.82, 2.24) is 10.0 Å². The standard InChI is InChI=1S/C12H22N2O6S/c1-18-6-5-13-7-11-3-4-12(20-11)21(16,17)14-10(8-15)9-19-2/h3-4,10,13-15H,5-9H2,1-2H3. The summed E-state index contributed by atoms with van der Waals surface area (Å²) in [7, 11) is -0.793. The molecule has 0 fully saturated rings. The Bertz CT molecular complexity index is 502. The van der Waals surface area contributed by atoms with Gasteiger partial charge in [0.25, 0.3) is 10.0 Å². The first-order chi connectivity index (χ1) is 10.0. The Labute approximate surface area is 124 Å². The molecule has 1 aromatic rings. The van der Waals surface area contributed by atoms with E-state index in [0.29, 0.717) is 25.5 Å². The van der Waals surface area contributed by atoms with Gasteiger partial charge in [0.2, 0.25) is 5.09 Å². The fourth-order valence-electron chi connectivity index (χ4n) is 1.59. The van der Waals surface area contributed by atoms with Crippen molar-refractivity contribution in [2.75, 3.05) is 40.6 Å². The Morgan fingerprint density at radius 3 is 2.71 bits per heavy atom. The van der Waals surface area contributed by atoms with Crippen LogP contribution in [0.2, 0.25) is 0 Å². The van der Waals surface area contributed by atoms with Gasteiger partial charge in [0.15, 0.2) is 0 Å². The van der Waals surface area contributed by atoms with Crippen LogP contribution in [-0.4, -0.2) is 60.2 Å². The smallest absolute Gasteiger partial charge is 0.274 e. The molecule has 1 aromatic heterocycles. The molecule has 0 radical (unpaired) electrons. The number of methoxy groups -OCH3 is 2.